The van der Waals surface area contributed by atoms with E-state index in [4.69, 9.17) is 32.2 Å². The van der Waals surface area contributed by atoms with E-state index in [2.05, 4.69) is 4.98 Å². The van der Waals surface area contributed by atoms with Gasteiger partial charge in [0.25, 0.3) is 0 Å². The summed E-state index contributed by atoms with van der Waals surface area (Å²) in [6.45, 7) is 1.31. The highest BCUT2D eigenvalue weighted by molar-refractivity contribution is 7.71. The quantitative estimate of drug-likeness (QED) is 0.652. The summed E-state index contributed by atoms with van der Waals surface area (Å²) in [5, 5.41) is 0.790. The number of anilines is 1. The van der Waals surface area contributed by atoms with Crippen LogP contribution in [0.25, 0.3) is 10.9 Å². The van der Waals surface area contributed by atoms with Crippen LogP contribution in [0.2, 0.25) is 0 Å². The molecule has 0 aliphatic rings. The molecule has 0 fully saturated rings. The molecule has 0 atom stereocenters. The number of benzene rings is 1. The van der Waals surface area contributed by atoms with Gasteiger partial charge < -0.3 is 24.5 Å². The molecule has 21 heavy (non-hydrogen) atoms. The molecule has 114 valence electrons. The number of nitrogens with two attached hydrogens (primary N) is 1. The predicted octanol–water partition coefficient (Wildman–Crippen LogP) is 2.40. The van der Waals surface area contributed by atoms with Gasteiger partial charge in [-0.1, -0.05) is 0 Å². The molecule has 0 saturated heterocycles. The minimum absolute atomic E-state index is 0.448. The fraction of sp³-hybridized carbons (Fsp3) is 0.429. The standard InChI is InChI=1S/C14H19N3O3S/c1-18-6-4-5-17-13(15)9-7-11(19-2)12(20-3)8-10(9)16-14(17)21/h7-8H,4-6,15H2,1-3H3. The topological polar surface area (TPSA) is 71.5 Å². The van der Waals surface area contributed by atoms with E-state index in [0.717, 1.165) is 11.8 Å². The van der Waals surface area contributed by atoms with Crippen molar-refractivity contribution in [1.29, 1.82) is 0 Å². The van der Waals surface area contributed by atoms with Crippen molar-refractivity contribution in [3.63, 3.8) is 0 Å². The van der Waals surface area contributed by atoms with Crippen molar-refractivity contribution in [1.82, 2.24) is 9.55 Å². The van der Waals surface area contributed by atoms with Gasteiger partial charge in [-0.05, 0) is 24.7 Å². The zero-order valence-electron chi connectivity index (χ0n) is 12.4. The van der Waals surface area contributed by atoms with Crippen molar-refractivity contribution in [2.75, 3.05) is 33.7 Å². The summed E-state index contributed by atoms with van der Waals surface area (Å²) in [5.74, 6) is 1.78. The first kappa shape index (κ1) is 15.5. The number of hydrogen-bond donors (Lipinski definition) is 1. The Morgan fingerprint density at radius 2 is 1.86 bits per heavy atom. The first-order valence-electron chi connectivity index (χ1n) is 6.53. The largest absolute Gasteiger partial charge is 0.493 e. The van der Waals surface area contributed by atoms with E-state index >= 15 is 0 Å². The second-order valence-electron chi connectivity index (χ2n) is 4.50. The molecular weight excluding hydrogens is 290 g/mol. The van der Waals surface area contributed by atoms with E-state index < -0.39 is 0 Å². The predicted molar refractivity (Wildman–Crippen MR) is 84.6 cm³/mol. The zero-order valence-corrected chi connectivity index (χ0v) is 13.2. The molecule has 2 aromatic rings. The molecule has 1 aromatic heterocycles. The van der Waals surface area contributed by atoms with Gasteiger partial charge in [0.15, 0.2) is 11.5 Å². The van der Waals surface area contributed by atoms with Gasteiger partial charge in [-0.15, -0.1) is 0 Å². The minimum atomic E-state index is 0.448. The molecule has 0 amide bonds. The second kappa shape index (κ2) is 6.73. The average molecular weight is 309 g/mol. The zero-order chi connectivity index (χ0) is 15.4. The molecule has 2 rings (SSSR count). The van der Waals surface area contributed by atoms with Gasteiger partial charge in [0, 0.05) is 31.7 Å². The first-order chi connectivity index (χ1) is 10.1. The third kappa shape index (κ3) is 3.08. The number of fused-ring (bicyclic) bond motifs is 1. The van der Waals surface area contributed by atoms with Gasteiger partial charge in [-0.25, -0.2) is 4.98 Å². The highest BCUT2D eigenvalue weighted by atomic mass is 32.1. The van der Waals surface area contributed by atoms with Crippen molar-refractivity contribution in [2.24, 2.45) is 0 Å². The second-order valence-corrected chi connectivity index (χ2v) is 4.87. The minimum Gasteiger partial charge on any atom is -0.493 e. The summed E-state index contributed by atoms with van der Waals surface area (Å²) in [4.78, 5) is 4.42. The lowest BCUT2D eigenvalue weighted by Crippen LogP contribution is -2.11. The number of rotatable bonds is 6. The van der Waals surface area contributed by atoms with Gasteiger partial charge in [0.2, 0.25) is 4.77 Å². The van der Waals surface area contributed by atoms with E-state index in [1.54, 1.807) is 27.4 Å². The molecule has 0 spiro atoms. The Balaban J connectivity index is 2.56. The molecule has 0 unspecified atom stereocenters. The normalized spacial score (nSPS) is 10.8. The number of aromatic nitrogens is 2. The summed E-state index contributed by atoms with van der Waals surface area (Å²) in [6.07, 6.45) is 0.815. The van der Waals surface area contributed by atoms with E-state index in [0.29, 0.717) is 40.8 Å². The Morgan fingerprint density at radius 1 is 1.19 bits per heavy atom. The Bertz CT molecular complexity index is 700. The lowest BCUT2D eigenvalue weighted by molar-refractivity contribution is 0.190. The Hall–Kier alpha value is -1.86. The lowest BCUT2D eigenvalue weighted by Gasteiger charge is -2.14. The van der Waals surface area contributed by atoms with Crippen LogP contribution in [0.5, 0.6) is 11.5 Å². The number of hydrogen-bond acceptors (Lipinski definition) is 6. The molecule has 6 nitrogen and oxygen atoms in total. The van der Waals surface area contributed by atoms with Gasteiger partial charge in [-0.2, -0.15) is 0 Å². The van der Waals surface area contributed by atoms with Crippen molar-refractivity contribution in [2.45, 2.75) is 13.0 Å². The Labute approximate surface area is 128 Å². The maximum Gasteiger partial charge on any atom is 0.201 e. The van der Waals surface area contributed by atoms with Crippen molar-refractivity contribution >= 4 is 28.9 Å². The van der Waals surface area contributed by atoms with Crippen molar-refractivity contribution in [3.05, 3.63) is 16.9 Å². The molecule has 0 saturated carbocycles. The maximum atomic E-state index is 6.24. The van der Waals surface area contributed by atoms with Crippen LogP contribution in [-0.2, 0) is 11.3 Å². The van der Waals surface area contributed by atoms with Crippen LogP contribution in [0.4, 0.5) is 5.82 Å². The number of nitrogen functional groups attached to an aromatic ring is 1. The average Bonchev–Trinajstić information content (AvgIpc) is 2.49. The fourth-order valence-corrected chi connectivity index (χ4v) is 2.45. The first-order valence-corrected chi connectivity index (χ1v) is 6.94. The van der Waals surface area contributed by atoms with Gasteiger partial charge in [0.1, 0.15) is 5.82 Å². The van der Waals surface area contributed by atoms with Crippen LogP contribution in [0, 0.1) is 4.77 Å². The monoisotopic (exact) mass is 309 g/mol. The molecule has 0 radical (unpaired) electrons. The maximum absolute atomic E-state index is 6.24. The molecule has 0 bridgehead atoms. The third-order valence-corrected chi connectivity index (χ3v) is 3.56. The van der Waals surface area contributed by atoms with E-state index in [9.17, 15) is 0 Å². The number of nitrogens with zero attached hydrogens (tertiary/aromatic N) is 2. The van der Waals surface area contributed by atoms with Crippen LogP contribution in [-0.4, -0.2) is 37.5 Å². The Kier molecular flexibility index (Phi) is 4.98. The van der Waals surface area contributed by atoms with Gasteiger partial charge in [0.05, 0.1) is 19.7 Å². The van der Waals surface area contributed by atoms with Gasteiger partial charge in [-0.3, -0.25) is 0 Å². The smallest absolute Gasteiger partial charge is 0.201 e. The number of methoxy groups -OCH3 is 3. The van der Waals surface area contributed by atoms with Crippen molar-refractivity contribution in [3.8, 4) is 11.5 Å². The van der Waals surface area contributed by atoms with E-state index in [1.165, 1.54) is 0 Å². The lowest BCUT2D eigenvalue weighted by atomic mass is 10.2. The molecule has 1 heterocycles. The summed E-state index contributed by atoms with van der Waals surface area (Å²) in [5.41, 5.74) is 6.93. The van der Waals surface area contributed by atoms with E-state index in [-0.39, 0.29) is 0 Å². The highest BCUT2D eigenvalue weighted by Gasteiger charge is 2.12. The van der Waals surface area contributed by atoms with Crippen LogP contribution >= 0.6 is 12.2 Å². The molecule has 2 N–H and O–H groups in total. The Morgan fingerprint density at radius 3 is 2.48 bits per heavy atom. The number of ether oxygens (including phenoxy) is 3. The highest BCUT2D eigenvalue weighted by Crippen LogP contribution is 2.33. The van der Waals surface area contributed by atoms with Crippen LogP contribution < -0.4 is 15.2 Å². The molecular formula is C14H19N3O3S. The van der Waals surface area contributed by atoms with Crippen LogP contribution in [0.15, 0.2) is 12.1 Å². The summed E-state index contributed by atoms with van der Waals surface area (Å²) in [7, 11) is 4.83. The summed E-state index contributed by atoms with van der Waals surface area (Å²) < 4.78 is 17.9. The van der Waals surface area contributed by atoms with Crippen molar-refractivity contribution < 1.29 is 14.2 Å². The van der Waals surface area contributed by atoms with Crippen LogP contribution in [0.3, 0.4) is 0 Å². The van der Waals surface area contributed by atoms with E-state index in [1.807, 2.05) is 10.6 Å². The van der Waals surface area contributed by atoms with Gasteiger partial charge >= 0.3 is 0 Å². The summed E-state index contributed by atoms with van der Waals surface area (Å²) >= 11 is 5.32. The summed E-state index contributed by atoms with van der Waals surface area (Å²) in [6, 6.07) is 3.60. The van der Waals surface area contributed by atoms with Crippen LogP contribution in [0.1, 0.15) is 6.42 Å². The third-order valence-electron chi connectivity index (χ3n) is 3.25. The molecule has 0 aliphatic carbocycles. The fourth-order valence-electron chi connectivity index (χ4n) is 2.16. The molecule has 7 heteroatoms. The molecule has 1 aromatic carbocycles. The SMILES string of the molecule is COCCCn1c(N)c2cc(OC)c(OC)cc2nc1=S. The molecule has 0 aliphatic heterocycles.